The van der Waals surface area contributed by atoms with E-state index in [2.05, 4.69) is 5.10 Å². The summed E-state index contributed by atoms with van der Waals surface area (Å²) in [5.74, 6) is 0. The second kappa shape index (κ2) is 4.28. The Labute approximate surface area is 106 Å². The van der Waals surface area contributed by atoms with E-state index in [-0.39, 0.29) is 12.7 Å². The summed E-state index contributed by atoms with van der Waals surface area (Å²) in [5.41, 5.74) is -0.999. The Morgan fingerprint density at radius 2 is 2.17 bits per heavy atom. The third-order valence-electron chi connectivity index (χ3n) is 2.91. The van der Waals surface area contributed by atoms with Crippen LogP contribution in [-0.2, 0) is 10.3 Å². The van der Waals surface area contributed by atoms with Gasteiger partial charge in [0.05, 0.1) is 19.7 Å². The Hall–Kier alpha value is -1.56. The molecule has 0 bridgehead atoms. The molecule has 0 spiro atoms. The van der Waals surface area contributed by atoms with Crippen molar-refractivity contribution < 1.29 is 14.6 Å². The lowest BCUT2D eigenvalue weighted by molar-refractivity contribution is -0.0530. The SMILES string of the molecule is CC(C)(C)OC(=O)N1CC(CO)(n2cccn2)C1. The van der Waals surface area contributed by atoms with Crippen molar-refractivity contribution in [3.05, 3.63) is 18.5 Å². The van der Waals surface area contributed by atoms with Gasteiger partial charge in [-0.1, -0.05) is 0 Å². The summed E-state index contributed by atoms with van der Waals surface area (Å²) in [6.45, 7) is 6.28. The quantitative estimate of drug-likeness (QED) is 0.847. The highest BCUT2D eigenvalue weighted by Gasteiger charge is 2.48. The second-order valence-corrected chi connectivity index (χ2v) is 5.67. The normalized spacial score (nSPS) is 18.3. The van der Waals surface area contributed by atoms with E-state index in [9.17, 15) is 9.90 Å². The lowest BCUT2D eigenvalue weighted by atomic mass is 9.91. The highest BCUT2D eigenvalue weighted by molar-refractivity contribution is 5.69. The van der Waals surface area contributed by atoms with Crippen molar-refractivity contribution in [1.29, 1.82) is 0 Å². The largest absolute Gasteiger partial charge is 0.444 e. The molecule has 1 saturated heterocycles. The van der Waals surface area contributed by atoms with E-state index in [1.807, 2.05) is 20.8 Å². The molecule has 1 fully saturated rings. The fraction of sp³-hybridized carbons (Fsp3) is 0.667. The molecule has 1 aliphatic heterocycles. The van der Waals surface area contributed by atoms with E-state index < -0.39 is 11.1 Å². The van der Waals surface area contributed by atoms with Gasteiger partial charge in [0.2, 0.25) is 0 Å². The number of hydrogen-bond donors (Lipinski definition) is 1. The molecule has 6 heteroatoms. The van der Waals surface area contributed by atoms with Crippen molar-refractivity contribution >= 4 is 6.09 Å². The Kier molecular flexibility index (Phi) is 3.06. The molecule has 6 nitrogen and oxygen atoms in total. The minimum atomic E-state index is -0.500. The van der Waals surface area contributed by atoms with Gasteiger partial charge in [0, 0.05) is 12.4 Å². The summed E-state index contributed by atoms with van der Waals surface area (Å²) in [6.07, 6.45) is 3.11. The van der Waals surface area contributed by atoms with Crippen LogP contribution >= 0.6 is 0 Å². The number of carbonyl (C=O) groups excluding carboxylic acids is 1. The summed E-state index contributed by atoms with van der Waals surface area (Å²) in [7, 11) is 0. The molecule has 0 atom stereocenters. The molecule has 0 aliphatic carbocycles. The van der Waals surface area contributed by atoms with Crippen molar-refractivity contribution in [3.8, 4) is 0 Å². The van der Waals surface area contributed by atoms with E-state index in [1.54, 1.807) is 28.0 Å². The first-order valence-corrected chi connectivity index (χ1v) is 5.95. The number of amides is 1. The van der Waals surface area contributed by atoms with Crippen molar-refractivity contribution in [3.63, 3.8) is 0 Å². The molecule has 18 heavy (non-hydrogen) atoms. The van der Waals surface area contributed by atoms with Gasteiger partial charge in [0.1, 0.15) is 11.1 Å². The van der Waals surface area contributed by atoms with E-state index in [1.165, 1.54) is 0 Å². The monoisotopic (exact) mass is 253 g/mol. The van der Waals surface area contributed by atoms with Crippen LogP contribution in [0.3, 0.4) is 0 Å². The van der Waals surface area contributed by atoms with E-state index >= 15 is 0 Å². The summed E-state index contributed by atoms with van der Waals surface area (Å²) in [6, 6.07) is 1.80. The van der Waals surface area contributed by atoms with Gasteiger partial charge in [-0.3, -0.25) is 4.68 Å². The van der Waals surface area contributed by atoms with Gasteiger partial charge >= 0.3 is 6.09 Å². The van der Waals surface area contributed by atoms with Crippen LogP contribution in [0.25, 0.3) is 0 Å². The van der Waals surface area contributed by atoms with Crippen molar-refractivity contribution in [2.24, 2.45) is 0 Å². The molecule has 1 aromatic heterocycles. The average molecular weight is 253 g/mol. The third-order valence-corrected chi connectivity index (χ3v) is 2.91. The molecule has 1 amide bonds. The zero-order chi connectivity index (χ0) is 13.4. The fourth-order valence-corrected chi connectivity index (χ4v) is 1.99. The molecule has 2 heterocycles. The van der Waals surface area contributed by atoms with Gasteiger partial charge < -0.3 is 14.7 Å². The van der Waals surface area contributed by atoms with Gasteiger partial charge in [0.15, 0.2) is 0 Å². The minimum Gasteiger partial charge on any atom is -0.444 e. The maximum atomic E-state index is 11.8. The van der Waals surface area contributed by atoms with Gasteiger partial charge in [-0.2, -0.15) is 5.10 Å². The van der Waals surface area contributed by atoms with Gasteiger partial charge in [-0.15, -0.1) is 0 Å². The highest BCUT2D eigenvalue weighted by Crippen LogP contribution is 2.29. The van der Waals surface area contributed by atoms with Crippen LogP contribution < -0.4 is 0 Å². The van der Waals surface area contributed by atoms with E-state index in [4.69, 9.17) is 4.74 Å². The number of likely N-dealkylation sites (tertiary alicyclic amines) is 1. The predicted molar refractivity (Wildman–Crippen MR) is 65.1 cm³/mol. The molecule has 0 aromatic carbocycles. The molecule has 1 N–H and O–H groups in total. The first-order valence-electron chi connectivity index (χ1n) is 5.95. The van der Waals surface area contributed by atoms with Crippen LogP contribution in [0, 0.1) is 0 Å². The smallest absolute Gasteiger partial charge is 0.410 e. The number of nitrogens with zero attached hydrogens (tertiary/aromatic N) is 3. The summed E-state index contributed by atoms with van der Waals surface area (Å²) in [4.78, 5) is 13.4. The average Bonchev–Trinajstić information content (AvgIpc) is 2.67. The van der Waals surface area contributed by atoms with Crippen molar-refractivity contribution in [1.82, 2.24) is 14.7 Å². The van der Waals surface area contributed by atoms with Crippen LogP contribution in [0.4, 0.5) is 4.79 Å². The maximum absolute atomic E-state index is 11.8. The number of ether oxygens (including phenoxy) is 1. The highest BCUT2D eigenvalue weighted by atomic mass is 16.6. The molecule has 0 saturated carbocycles. The first kappa shape index (κ1) is 12.9. The number of carbonyl (C=O) groups is 1. The van der Waals surface area contributed by atoms with Crippen molar-refractivity contribution in [2.45, 2.75) is 31.9 Å². The number of aromatic nitrogens is 2. The molecular weight excluding hydrogens is 234 g/mol. The van der Waals surface area contributed by atoms with Crippen LogP contribution in [0.1, 0.15) is 20.8 Å². The van der Waals surface area contributed by atoms with Crippen LogP contribution in [0.2, 0.25) is 0 Å². The summed E-state index contributed by atoms with van der Waals surface area (Å²) < 4.78 is 6.97. The van der Waals surface area contributed by atoms with Crippen LogP contribution in [0.15, 0.2) is 18.5 Å². The molecule has 1 aliphatic rings. The van der Waals surface area contributed by atoms with Gasteiger partial charge in [0.25, 0.3) is 0 Å². The third kappa shape index (κ3) is 2.33. The van der Waals surface area contributed by atoms with Gasteiger partial charge in [-0.25, -0.2) is 4.79 Å². The summed E-state index contributed by atoms with van der Waals surface area (Å²) in [5, 5.41) is 13.6. The predicted octanol–water partition coefficient (Wildman–Crippen LogP) is 0.821. The molecule has 0 unspecified atom stereocenters. The number of hydrogen-bond acceptors (Lipinski definition) is 4. The second-order valence-electron chi connectivity index (χ2n) is 5.67. The number of aliphatic hydroxyl groups excluding tert-OH is 1. The molecular formula is C12H19N3O3. The zero-order valence-corrected chi connectivity index (χ0v) is 11.0. The Morgan fingerprint density at radius 3 is 2.61 bits per heavy atom. The van der Waals surface area contributed by atoms with E-state index in [0.29, 0.717) is 13.1 Å². The zero-order valence-electron chi connectivity index (χ0n) is 11.0. The molecule has 2 rings (SSSR count). The minimum absolute atomic E-state index is 0.0476. The molecule has 1 aromatic rings. The topological polar surface area (TPSA) is 67.6 Å². The van der Waals surface area contributed by atoms with Crippen LogP contribution in [-0.4, -0.2) is 51.2 Å². The Morgan fingerprint density at radius 1 is 1.50 bits per heavy atom. The summed E-state index contributed by atoms with van der Waals surface area (Å²) >= 11 is 0. The first-order chi connectivity index (χ1) is 8.36. The lowest BCUT2D eigenvalue weighted by Gasteiger charge is -2.48. The van der Waals surface area contributed by atoms with Crippen LogP contribution in [0.5, 0.6) is 0 Å². The Bertz CT molecular complexity index is 416. The maximum Gasteiger partial charge on any atom is 0.410 e. The number of rotatable bonds is 2. The van der Waals surface area contributed by atoms with Gasteiger partial charge in [-0.05, 0) is 26.8 Å². The lowest BCUT2D eigenvalue weighted by Crippen LogP contribution is -2.66. The van der Waals surface area contributed by atoms with Crippen molar-refractivity contribution in [2.75, 3.05) is 19.7 Å². The molecule has 0 radical (unpaired) electrons. The fourth-order valence-electron chi connectivity index (χ4n) is 1.99. The standard InChI is InChI=1S/C12H19N3O3/c1-11(2,3)18-10(17)14-7-12(8-14,9-16)15-6-4-5-13-15/h4-6,16H,7-9H2,1-3H3. The molecule has 100 valence electrons. The van der Waals surface area contributed by atoms with E-state index in [0.717, 1.165) is 0 Å². The Balaban J connectivity index is 1.98. The number of aliphatic hydroxyl groups is 1.